The minimum atomic E-state index is -0.843. The van der Waals surface area contributed by atoms with Crippen molar-refractivity contribution in [2.45, 2.75) is 25.7 Å². The van der Waals surface area contributed by atoms with Crippen molar-refractivity contribution in [1.29, 1.82) is 0 Å². The Kier molecular flexibility index (Phi) is 2.69. The monoisotopic (exact) mass is 268 g/mol. The number of nitro groups is 1. The summed E-state index contributed by atoms with van der Waals surface area (Å²) in [6.07, 6.45) is 4.25. The summed E-state index contributed by atoms with van der Waals surface area (Å²) < 4.78 is 27.9. The summed E-state index contributed by atoms with van der Waals surface area (Å²) in [5, 5.41) is 10.6. The fraction of sp³-hybridized carbons (Fsp3) is 0.538. The van der Waals surface area contributed by atoms with Crippen molar-refractivity contribution in [3.05, 3.63) is 33.9 Å². The standard InChI is InChI=1S/C13H14F2N2O2/c14-10-6-9(17(18)19)7-11(15)12(10)16-5-1-2-13(8-16)3-4-13/h6-7H,1-5,8H2. The number of nitrogens with zero attached hydrogens (tertiary/aromatic N) is 2. The Morgan fingerprint density at radius 2 is 1.84 bits per heavy atom. The highest BCUT2D eigenvalue weighted by Gasteiger charge is 2.46. The van der Waals surface area contributed by atoms with Gasteiger partial charge in [-0.05, 0) is 31.1 Å². The number of halogens is 2. The molecule has 3 rings (SSSR count). The number of hydrogen-bond donors (Lipinski definition) is 0. The Hall–Kier alpha value is -1.72. The first-order valence-corrected chi connectivity index (χ1v) is 6.39. The van der Waals surface area contributed by atoms with E-state index in [-0.39, 0.29) is 11.1 Å². The number of anilines is 1. The highest BCUT2D eigenvalue weighted by Crippen LogP contribution is 2.52. The Bertz CT molecular complexity index is 520. The fourth-order valence-corrected chi connectivity index (χ4v) is 2.94. The molecule has 102 valence electrons. The molecule has 0 aromatic heterocycles. The average molecular weight is 268 g/mol. The van der Waals surface area contributed by atoms with Crippen molar-refractivity contribution >= 4 is 11.4 Å². The smallest absolute Gasteiger partial charge is 0.275 e. The van der Waals surface area contributed by atoms with Gasteiger partial charge in [0.2, 0.25) is 0 Å². The molecule has 2 aliphatic rings. The molecule has 0 bridgehead atoms. The summed E-state index contributed by atoms with van der Waals surface area (Å²) >= 11 is 0. The van der Waals surface area contributed by atoms with Gasteiger partial charge in [-0.3, -0.25) is 10.1 Å². The summed E-state index contributed by atoms with van der Waals surface area (Å²) in [5.74, 6) is -1.69. The van der Waals surface area contributed by atoms with Crippen LogP contribution in [0.5, 0.6) is 0 Å². The summed E-state index contributed by atoms with van der Waals surface area (Å²) in [6, 6.07) is 1.60. The number of non-ortho nitro benzene ring substituents is 1. The lowest BCUT2D eigenvalue weighted by Crippen LogP contribution is -2.37. The third kappa shape index (κ3) is 2.15. The van der Waals surface area contributed by atoms with E-state index in [1.54, 1.807) is 4.90 Å². The molecule has 0 N–H and O–H groups in total. The van der Waals surface area contributed by atoms with Crippen LogP contribution in [0.1, 0.15) is 25.7 Å². The second kappa shape index (κ2) is 4.15. The van der Waals surface area contributed by atoms with Crippen LogP contribution in [0.2, 0.25) is 0 Å². The molecule has 1 aliphatic heterocycles. The highest BCUT2D eigenvalue weighted by molar-refractivity contribution is 5.54. The zero-order valence-corrected chi connectivity index (χ0v) is 10.4. The summed E-state index contributed by atoms with van der Waals surface area (Å²) in [4.78, 5) is 11.5. The third-order valence-corrected chi connectivity index (χ3v) is 4.15. The van der Waals surface area contributed by atoms with E-state index in [9.17, 15) is 18.9 Å². The maximum absolute atomic E-state index is 13.9. The zero-order valence-electron chi connectivity index (χ0n) is 10.4. The molecule has 19 heavy (non-hydrogen) atoms. The molecule has 4 nitrogen and oxygen atoms in total. The molecule has 0 atom stereocenters. The second-order valence-corrected chi connectivity index (χ2v) is 5.54. The molecule has 1 heterocycles. The Balaban J connectivity index is 1.93. The molecule has 0 amide bonds. The van der Waals surface area contributed by atoms with Crippen molar-refractivity contribution < 1.29 is 13.7 Å². The average Bonchev–Trinajstić information content (AvgIpc) is 3.07. The van der Waals surface area contributed by atoms with Crippen LogP contribution >= 0.6 is 0 Å². The summed E-state index contributed by atoms with van der Waals surface area (Å²) in [7, 11) is 0. The lowest BCUT2D eigenvalue weighted by Gasteiger charge is -2.34. The maximum Gasteiger partial charge on any atom is 0.275 e. The van der Waals surface area contributed by atoms with E-state index in [0.29, 0.717) is 13.1 Å². The normalized spacial score (nSPS) is 20.6. The Morgan fingerprint density at radius 3 is 2.37 bits per heavy atom. The first-order valence-electron chi connectivity index (χ1n) is 6.39. The van der Waals surface area contributed by atoms with Crippen molar-refractivity contribution in [1.82, 2.24) is 0 Å². The van der Waals surface area contributed by atoms with Gasteiger partial charge in [-0.15, -0.1) is 0 Å². The lowest BCUT2D eigenvalue weighted by molar-refractivity contribution is -0.385. The van der Waals surface area contributed by atoms with Gasteiger partial charge in [-0.1, -0.05) is 0 Å². The van der Waals surface area contributed by atoms with Crippen LogP contribution in [0.4, 0.5) is 20.2 Å². The van der Waals surface area contributed by atoms with Gasteiger partial charge in [0.1, 0.15) is 5.69 Å². The van der Waals surface area contributed by atoms with Crippen LogP contribution in [0.25, 0.3) is 0 Å². The van der Waals surface area contributed by atoms with Gasteiger partial charge in [0.25, 0.3) is 5.69 Å². The van der Waals surface area contributed by atoms with Crippen LogP contribution in [-0.2, 0) is 0 Å². The molecular weight excluding hydrogens is 254 g/mol. The first-order chi connectivity index (χ1) is 9.01. The molecule has 0 unspecified atom stereocenters. The van der Waals surface area contributed by atoms with E-state index < -0.39 is 22.2 Å². The molecular formula is C13H14F2N2O2. The quantitative estimate of drug-likeness (QED) is 0.611. The van der Waals surface area contributed by atoms with E-state index in [4.69, 9.17) is 0 Å². The molecule has 1 aromatic carbocycles. The second-order valence-electron chi connectivity index (χ2n) is 5.54. The van der Waals surface area contributed by atoms with Crippen molar-refractivity contribution in [3.63, 3.8) is 0 Å². The molecule has 6 heteroatoms. The van der Waals surface area contributed by atoms with Gasteiger partial charge >= 0.3 is 0 Å². The summed E-state index contributed by atoms with van der Waals surface area (Å²) in [6.45, 7) is 1.26. The molecule has 0 radical (unpaired) electrons. The molecule has 1 saturated heterocycles. The molecule has 1 saturated carbocycles. The van der Waals surface area contributed by atoms with Crippen molar-refractivity contribution in [3.8, 4) is 0 Å². The van der Waals surface area contributed by atoms with E-state index in [2.05, 4.69) is 0 Å². The minimum absolute atomic E-state index is 0.114. The highest BCUT2D eigenvalue weighted by atomic mass is 19.1. The zero-order chi connectivity index (χ0) is 13.6. The van der Waals surface area contributed by atoms with Gasteiger partial charge < -0.3 is 4.90 Å². The van der Waals surface area contributed by atoms with Crippen LogP contribution in [-0.4, -0.2) is 18.0 Å². The number of nitro benzene ring substituents is 1. The van der Waals surface area contributed by atoms with E-state index in [0.717, 1.165) is 37.8 Å². The van der Waals surface area contributed by atoms with Gasteiger partial charge in [0, 0.05) is 13.1 Å². The summed E-state index contributed by atoms with van der Waals surface area (Å²) in [5.41, 5.74) is -0.424. The lowest BCUT2D eigenvalue weighted by atomic mass is 9.94. The van der Waals surface area contributed by atoms with E-state index in [1.807, 2.05) is 0 Å². The SMILES string of the molecule is O=[N+]([O-])c1cc(F)c(N2CCCC3(CC3)C2)c(F)c1. The molecule has 1 aliphatic carbocycles. The molecule has 2 fully saturated rings. The van der Waals surface area contributed by atoms with Crippen LogP contribution in [0, 0.1) is 27.2 Å². The Morgan fingerprint density at radius 1 is 1.21 bits per heavy atom. The first kappa shape index (κ1) is 12.3. The van der Waals surface area contributed by atoms with Gasteiger partial charge in [0.15, 0.2) is 11.6 Å². The predicted molar refractivity (Wildman–Crippen MR) is 66.1 cm³/mol. The topological polar surface area (TPSA) is 46.4 Å². The van der Waals surface area contributed by atoms with Crippen LogP contribution in [0.3, 0.4) is 0 Å². The third-order valence-electron chi connectivity index (χ3n) is 4.15. The van der Waals surface area contributed by atoms with E-state index >= 15 is 0 Å². The molecule has 1 spiro atoms. The van der Waals surface area contributed by atoms with Crippen molar-refractivity contribution in [2.75, 3.05) is 18.0 Å². The maximum atomic E-state index is 13.9. The number of benzene rings is 1. The van der Waals surface area contributed by atoms with E-state index in [1.165, 1.54) is 0 Å². The number of piperidine rings is 1. The fourth-order valence-electron chi connectivity index (χ4n) is 2.94. The Labute approximate surface area is 109 Å². The molecule has 1 aromatic rings. The number of hydrogen-bond acceptors (Lipinski definition) is 3. The number of rotatable bonds is 2. The van der Waals surface area contributed by atoms with Gasteiger partial charge in [0.05, 0.1) is 17.1 Å². The van der Waals surface area contributed by atoms with Gasteiger partial charge in [-0.25, -0.2) is 8.78 Å². The van der Waals surface area contributed by atoms with Crippen LogP contribution < -0.4 is 4.90 Å². The van der Waals surface area contributed by atoms with Crippen LogP contribution in [0.15, 0.2) is 12.1 Å². The van der Waals surface area contributed by atoms with Crippen molar-refractivity contribution in [2.24, 2.45) is 5.41 Å². The minimum Gasteiger partial charge on any atom is -0.366 e. The predicted octanol–water partition coefficient (Wildman–Crippen LogP) is 3.25. The van der Waals surface area contributed by atoms with Gasteiger partial charge in [-0.2, -0.15) is 0 Å². The largest absolute Gasteiger partial charge is 0.366 e.